The minimum absolute atomic E-state index is 0.335. The van der Waals surface area contributed by atoms with Crippen LogP contribution < -0.4 is 0 Å². The molecule has 0 aromatic rings. The SMILES string of the molecule is CCCCCCCCCCCCCC[N+](C)(C)CCCCC(C)N(C)CCCCC(C)(C)[N+](C)(C)CCCC[N+](C)(C)CCCCCCCCCCCCCC. The number of hydrogen-bond donors (Lipinski definition) is 0. The number of quaternary nitrogens is 3. The van der Waals surface area contributed by atoms with Gasteiger partial charge in [-0.1, -0.05) is 142 Å². The average molecular weight is 795 g/mol. The predicted octanol–water partition coefficient (Wildman–Crippen LogP) is 14.8. The van der Waals surface area contributed by atoms with Gasteiger partial charge >= 0.3 is 0 Å². The van der Waals surface area contributed by atoms with Crippen LogP contribution in [0.4, 0.5) is 0 Å². The molecule has 0 aliphatic rings. The van der Waals surface area contributed by atoms with E-state index < -0.39 is 0 Å². The van der Waals surface area contributed by atoms with E-state index in [1.165, 1.54) is 254 Å². The maximum atomic E-state index is 2.65. The minimum atomic E-state index is 0.335. The fraction of sp³-hybridized carbons (Fsp3) is 1.00. The van der Waals surface area contributed by atoms with Crippen LogP contribution >= 0.6 is 0 Å². The number of nitrogens with zero attached hydrogens (tertiary/aromatic N) is 4. The van der Waals surface area contributed by atoms with E-state index in [9.17, 15) is 0 Å². The van der Waals surface area contributed by atoms with Crippen molar-refractivity contribution in [2.75, 3.05) is 88.6 Å². The van der Waals surface area contributed by atoms with Gasteiger partial charge in [0, 0.05) is 25.3 Å². The summed E-state index contributed by atoms with van der Waals surface area (Å²) in [6.45, 7) is 20.1. The van der Waals surface area contributed by atoms with E-state index in [1.807, 2.05) is 0 Å². The summed E-state index contributed by atoms with van der Waals surface area (Å²) in [6.07, 6.45) is 45.5. The number of hydrogen-bond acceptors (Lipinski definition) is 1. The molecule has 56 heavy (non-hydrogen) atoms. The molecule has 0 saturated carbocycles. The zero-order chi connectivity index (χ0) is 42.0. The maximum absolute atomic E-state index is 2.65. The van der Waals surface area contributed by atoms with Crippen LogP contribution in [0, 0.1) is 0 Å². The molecule has 0 bridgehead atoms. The standard InChI is InChI=1S/C52H113N4/c1-13-15-17-19-21-23-25-27-29-31-33-38-46-54(7,8)48-40-35-43-51(3)53(6)45-37-36-44-52(4,5)56(11,12)50-42-41-49-55(9,10)47-39-34-32-30-28-26-24-22-20-18-16-14-2/h51H,13-50H2,1-12H3/q+3. The van der Waals surface area contributed by atoms with Crippen LogP contribution in [0.15, 0.2) is 0 Å². The lowest BCUT2D eigenvalue weighted by Crippen LogP contribution is -2.56. The molecular weight excluding hydrogens is 681 g/mol. The van der Waals surface area contributed by atoms with Gasteiger partial charge in [-0.15, -0.1) is 0 Å². The van der Waals surface area contributed by atoms with Gasteiger partial charge < -0.3 is 18.3 Å². The zero-order valence-electron chi connectivity index (χ0n) is 41.7. The van der Waals surface area contributed by atoms with E-state index >= 15 is 0 Å². The zero-order valence-corrected chi connectivity index (χ0v) is 41.7. The molecule has 0 aliphatic carbocycles. The summed E-state index contributed by atoms with van der Waals surface area (Å²) >= 11 is 0. The van der Waals surface area contributed by atoms with Gasteiger partial charge in [-0.3, -0.25) is 0 Å². The van der Waals surface area contributed by atoms with Crippen LogP contribution in [0.25, 0.3) is 0 Å². The predicted molar refractivity (Wildman–Crippen MR) is 256 cm³/mol. The lowest BCUT2D eigenvalue weighted by Gasteiger charge is -2.45. The van der Waals surface area contributed by atoms with E-state index in [0.29, 0.717) is 11.6 Å². The van der Waals surface area contributed by atoms with E-state index in [1.54, 1.807) is 0 Å². The second-order valence-electron chi connectivity index (χ2n) is 21.8. The lowest BCUT2D eigenvalue weighted by molar-refractivity contribution is -0.939. The summed E-state index contributed by atoms with van der Waals surface area (Å²) in [5.41, 5.74) is 0.335. The van der Waals surface area contributed by atoms with Crippen molar-refractivity contribution in [3.05, 3.63) is 0 Å². The highest BCUT2D eigenvalue weighted by Gasteiger charge is 2.35. The van der Waals surface area contributed by atoms with Gasteiger partial charge in [0.25, 0.3) is 0 Å². The molecule has 1 unspecified atom stereocenters. The summed E-state index contributed by atoms with van der Waals surface area (Å²) < 4.78 is 3.57. The maximum Gasteiger partial charge on any atom is 0.0931 e. The summed E-state index contributed by atoms with van der Waals surface area (Å²) in [4.78, 5) is 2.65. The third-order valence-electron chi connectivity index (χ3n) is 14.5. The molecule has 0 aromatic heterocycles. The van der Waals surface area contributed by atoms with Crippen molar-refractivity contribution < 1.29 is 13.4 Å². The highest BCUT2D eigenvalue weighted by molar-refractivity contribution is 4.71. The molecule has 4 heteroatoms. The highest BCUT2D eigenvalue weighted by Crippen LogP contribution is 2.27. The number of unbranched alkanes of at least 4 members (excludes halogenated alkanes) is 25. The smallest absolute Gasteiger partial charge is 0.0931 e. The van der Waals surface area contributed by atoms with Crippen molar-refractivity contribution in [1.82, 2.24) is 4.90 Å². The Bertz CT molecular complexity index is 833. The minimum Gasteiger partial charge on any atom is -0.328 e. The lowest BCUT2D eigenvalue weighted by atomic mass is 9.92. The van der Waals surface area contributed by atoms with E-state index in [0.717, 1.165) is 4.48 Å². The Morgan fingerprint density at radius 1 is 0.393 bits per heavy atom. The topological polar surface area (TPSA) is 3.24 Å². The van der Waals surface area contributed by atoms with E-state index in [4.69, 9.17) is 0 Å². The normalized spacial score (nSPS) is 13.7. The Labute approximate surface area is 357 Å². The van der Waals surface area contributed by atoms with Crippen LogP contribution in [-0.2, 0) is 0 Å². The van der Waals surface area contributed by atoms with Gasteiger partial charge in [0.15, 0.2) is 0 Å². The van der Waals surface area contributed by atoms with Gasteiger partial charge in [-0.2, -0.15) is 0 Å². The third kappa shape index (κ3) is 32.7. The van der Waals surface area contributed by atoms with Gasteiger partial charge in [-0.25, -0.2) is 0 Å². The van der Waals surface area contributed by atoms with Gasteiger partial charge in [0.1, 0.15) is 0 Å². The Morgan fingerprint density at radius 3 is 1.07 bits per heavy atom. The molecular formula is C52H113N4+3. The first-order valence-electron chi connectivity index (χ1n) is 25.8. The average Bonchev–Trinajstić information content (AvgIpc) is 3.14. The monoisotopic (exact) mass is 794 g/mol. The molecule has 0 radical (unpaired) electrons. The van der Waals surface area contributed by atoms with Crippen molar-refractivity contribution in [2.45, 2.75) is 252 Å². The van der Waals surface area contributed by atoms with Crippen LogP contribution in [0.2, 0.25) is 0 Å². The largest absolute Gasteiger partial charge is 0.328 e. The van der Waals surface area contributed by atoms with Crippen LogP contribution in [-0.4, -0.2) is 119 Å². The second-order valence-corrected chi connectivity index (χ2v) is 21.8. The molecule has 0 aliphatic heterocycles. The second kappa shape index (κ2) is 34.5. The van der Waals surface area contributed by atoms with Gasteiger partial charge in [-0.05, 0) is 92.2 Å². The molecule has 0 N–H and O–H groups in total. The molecule has 0 fully saturated rings. The van der Waals surface area contributed by atoms with Crippen LogP contribution in [0.1, 0.15) is 240 Å². The first kappa shape index (κ1) is 55.8. The molecule has 0 saturated heterocycles. The summed E-state index contributed by atoms with van der Waals surface area (Å²) in [6, 6.07) is 0.699. The van der Waals surface area contributed by atoms with E-state index in [2.05, 4.69) is 88.9 Å². The fourth-order valence-corrected chi connectivity index (χ4v) is 8.98. The number of rotatable bonds is 43. The van der Waals surface area contributed by atoms with E-state index in [-0.39, 0.29) is 0 Å². The molecule has 0 aromatic carbocycles. The summed E-state index contributed by atoms with van der Waals surface area (Å²) in [5.74, 6) is 0. The fourth-order valence-electron chi connectivity index (χ4n) is 8.98. The van der Waals surface area contributed by atoms with Crippen LogP contribution in [0.3, 0.4) is 0 Å². The van der Waals surface area contributed by atoms with Crippen molar-refractivity contribution in [1.29, 1.82) is 0 Å². The molecule has 0 rings (SSSR count). The molecule has 0 spiro atoms. The quantitative estimate of drug-likeness (QED) is 0.0439. The van der Waals surface area contributed by atoms with Crippen LogP contribution in [0.5, 0.6) is 0 Å². The van der Waals surface area contributed by atoms with Gasteiger partial charge in [0.05, 0.1) is 80.5 Å². The Hall–Kier alpha value is -0.160. The first-order valence-corrected chi connectivity index (χ1v) is 25.8. The molecule has 0 heterocycles. The first-order chi connectivity index (χ1) is 26.6. The summed E-state index contributed by atoms with van der Waals surface area (Å²) in [7, 11) is 17.3. The highest BCUT2D eigenvalue weighted by atomic mass is 15.4. The van der Waals surface area contributed by atoms with Crippen molar-refractivity contribution in [3.8, 4) is 0 Å². The van der Waals surface area contributed by atoms with Gasteiger partial charge in [0.2, 0.25) is 0 Å². The molecule has 4 nitrogen and oxygen atoms in total. The van der Waals surface area contributed by atoms with Crippen molar-refractivity contribution in [3.63, 3.8) is 0 Å². The molecule has 1 atom stereocenters. The molecule has 0 amide bonds. The Balaban J connectivity index is 4.00. The molecule has 338 valence electrons. The Kier molecular flexibility index (Phi) is 34.4. The van der Waals surface area contributed by atoms with Crippen molar-refractivity contribution >= 4 is 0 Å². The Morgan fingerprint density at radius 2 is 0.696 bits per heavy atom. The van der Waals surface area contributed by atoms with Crippen molar-refractivity contribution in [2.24, 2.45) is 0 Å². The third-order valence-corrected chi connectivity index (χ3v) is 14.5. The summed E-state index contributed by atoms with van der Waals surface area (Å²) in [5, 5.41) is 0.